The minimum absolute atomic E-state index is 0.0374. The molecule has 2 aliphatic rings. The number of amides is 5. The Kier molecular flexibility index (Phi) is 29.8. The normalized spacial score (nSPS) is 16.5. The first-order valence-corrected chi connectivity index (χ1v) is 32.1. The van der Waals surface area contributed by atoms with Crippen molar-refractivity contribution >= 4 is 70.3 Å². The Bertz CT molecular complexity index is 2950. The average Bonchev–Trinajstić information content (AvgIpc) is 3.26. The fourth-order valence-electron chi connectivity index (χ4n) is 10.4. The summed E-state index contributed by atoms with van der Waals surface area (Å²) in [5.74, 6) is -4.36. The molecule has 7 unspecified atom stereocenters. The lowest BCUT2D eigenvalue weighted by molar-refractivity contribution is -0.149. The Balaban J connectivity index is 1.17. The standard InChI is InChI=1S/C65H91N9O11S2/c1-8-25-51(70-61(80)53-29-21-24-36-72(53)6)63(81)73(7)54(43(2)3)40-55(85-45(5)75)62-71-52(42-86-62)60(79)68-48(38-44(4)65(83)84)39-46-31-33-47(34-32-46)67-59(78)50(28-20-22-35-66)69-57(76)30-19-16-23-37-74-58(77)41-56(64(74)82)87-49-26-17-14-12-10-9-11-13-15-18-27-49/h9-15,17-18,26-27,31-34,41-44,48,50-51,53-55,77,82H,8,16,19-25,28-30,35-40,66H2,1-7H3,(H,67,78)(H,68,79)(H,69,76)(H,70,80)(H,83,84). The molecule has 0 saturated carbocycles. The van der Waals surface area contributed by atoms with Crippen LogP contribution in [-0.4, -0.2) is 134 Å². The third kappa shape index (κ3) is 23.4. The van der Waals surface area contributed by atoms with Gasteiger partial charge in [-0.1, -0.05) is 126 Å². The number of allylic oxidation sites excluding steroid dienone is 11. The summed E-state index contributed by atoms with van der Waals surface area (Å²) >= 11 is 2.45. The number of thiazole rings is 1. The molecule has 0 radical (unpaired) electrons. The molecule has 0 spiro atoms. The van der Waals surface area contributed by atoms with Gasteiger partial charge in [0.15, 0.2) is 12.0 Å². The summed E-state index contributed by atoms with van der Waals surface area (Å²) in [4.78, 5) is 103. The number of thioether (sulfide) groups is 1. The number of carboxylic acids is 1. The van der Waals surface area contributed by atoms with Gasteiger partial charge in [-0.2, -0.15) is 0 Å². The van der Waals surface area contributed by atoms with Crippen LogP contribution in [0.4, 0.5) is 5.69 Å². The van der Waals surface area contributed by atoms with Gasteiger partial charge in [0.1, 0.15) is 22.8 Å². The van der Waals surface area contributed by atoms with Gasteiger partial charge in [0.25, 0.3) is 5.91 Å². The van der Waals surface area contributed by atoms with E-state index in [1.165, 1.54) is 29.3 Å². The molecule has 5 rings (SSSR count). The number of aromatic hydroxyl groups is 2. The van der Waals surface area contributed by atoms with Crippen LogP contribution in [0.15, 0.2) is 112 Å². The Hall–Kier alpha value is -7.27. The molecule has 3 heterocycles. The molecule has 1 fully saturated rings. The molecule has 7 atom stereocenters. The smallest absolute Gasteiger partial charge is 0.306 e. The number of unbranched alkanes of at least 4 members (excludes halogenated alkanes) is 3. The molecule has 1 aliphatic carbocycles. The van der Waals surface area contributed by atoms with Crippen LogP contribution in [0.1, 0.15) is 152 Å². The Morgan fingerprint density at radius 1 is 0.862 bits per heavy atom. The van der Waals surface area contributed by atoms with E-state index in [1.807, 2.05) is 99.6 Å². The average molecular weight is 1240 g/mol. The monoisotopic (exact) mass is 1240 g/mol. The predicted molar refractivity (Wildman–Crippen MR) is 342 cm³/mol. The molecule has 20 nitrogen and oxygen atoms in total. The lowest BCUT2D eigenvalue weighted by Crippen LogP contribution is -2.56. The molecule has 87 heavy (non-hydrogen) atoms. The number of piperidine rings is 1. The molecule has 3 aromatic rings. The lowest BCUT2D eigenvalue weighted by Gasteiger charge is -2.37. The first-order valence-electron chi connectivity index (χ1n) is 30.4. The van der Waals surface area contributed by atoms with E-state index in [2.05, 4.69) is 26.3 Å². The molecule has 2 aromatic heterocycles. The number of rotatable bonds is 33. The van der Waals surface area contributed by atoms with E-state index in [0.29, 0.717) is 80.0 Å². The number of carbonyl (C=O) groups excluding carboxylic acids is 6. The highest BCUT2D eigenvalue weighted by Crippen LogP contribution is 2.40. The van der Waals surface area contributed by atoms with E-state index in [1.54, 1.807) is 48.5 Å². The highest BCUT2D eigenvalue weighted by atomic mass is 32.2. The number of likely N-dealkylation sites (N-methyl/N-ethyl adjacent to an activating group) is 2. The van der Waals surface area contributed by atoms with Crippen molar-refractivity contribution in [3.8, 4) is 11.8 Å². The molecular formula is C65H91N9O11S2. The maximum absolute atomic E-state index is 14.2. The van der Waals surface area contributed by atoms with Crippen molar-refractivity contribution in [2.45, 2.75) is 179 Å². The summed E-state index contributed by atoms with van der Waals surface area (Å²) in [5, 5.41) is 45.4. The fraction of sp³-hybridized carbons (Fsp3) is 0.508. The van der Waals surface area contributed by atoms with Crippen LogP contribution in [-0.2, 0) is 46.5 Å². The second-order valence-corrected chi connectivity index (χ2v) is 24.7. The largest absolute Gasteiger partial charge is 0.494 e. The zero-order chi connectivity index (χ0) is 63.4. The molecule has 1 aromatic carbocycles. The molecule has 9 N–H and O–H groups in total. The van der Waals surface area contributed by atoms with Crippen molar-refractivity contribution in [2.24, 2.45) is 17.6 Å². The zero-order valence-electron chi connectivity index (χ0n) is 51.5. The van der Waals surface area contributed by atoms with E-state index in [4.69, 9.17) is 10.5 Å². The number of hydrogen-bond acceptors (Lipinski definition) is 15. The summed E-state index contributed by atoms with van der Waals surface area (Å²) < 4.78 is 7.27. The zero-order valence-corrected chi connectivity index (χ0v) is 53.1. The summed E-state index contributed by atoms with van der Waals surface area (Å²) in [6, 6.07) is 5.44. The van der Waals surface area contributed by atoms with Crippen LogP contribution >= 0.6 is 23.1 Å². The molecule has 22 heteroatoms. The van der Waals surface area contributed by atoms with Gasteiger partial charge >= 0.3 is 11.9 Å². The summed E-state index contributed by atoms with van der Waals surface area (Å²) in [7, 11) is 3.61. The molecule has 0 bridgehead atoms. The number of aromatic nitrogens is 2. The number of ether oxygens (including phenoxy) is 1. The van der Waals surface area contributed by atoms with Gasteiger partial charge in [0.2, 0.25) is 29.5 Å². The van der Waals surface area contributed by atoms with Crippen molar-refractivity contribution in [3.05, 3.63) is 124 Å². The van der Waals surface area contributed by atoms with Crippen molar-refractivity contribution in [3.63, 3.8) is 0 Å². The molecular weight excluding hydrogens is 1150 g/mol. The van der Waals surface area contributed by atoms with Gasteiger partial charge in [0.05, 0.1) is 16.9 Å². The minimum Gasteiger partial charge on any atom is -0.494 e. The number of hydrogen-bond donors (Lipinski definition) is 8. The van der Waals surface area contributed by atoms with Gasteiger partial charge in [-0.05, 0) is 120 Å². The number of nitrogens with one attached hydrogen (secondary N) is 4. The second-order valence-electron chi connectivity index (χ2n) is 22.7. The third-order valence-electron chi connectivity index (χ3n) is 15.3. The van der Waals surface area contributed by atoms with Gasteiger partial charge in [-0.15, -0.1) is 11.3 Å². The van der Waals surface area contributed by atoms with E-state index in [0.717, 1.165) is 47.6 Å². The lowest BCUT2D eigenvalue weighted by atomic mass is 9.95. The number of esters is 1. The fourth-order valence-corrected chi connectivity index (χ4v) is 12.2. The number of nitrogens with zero attached hydrogens (tertiary/aromatic N) is 4. The third-order valence-corrected chi connectivity index (χ3v) is 17.3. The predicted octanol–water partition coefficient (Wildman–Crippen LogP) is 9.64. The maximum atomic E-state index is 14.2. The Morgan fingerprint density at radius 2 is 1.56 bits per heavy atom. The second kappa shape index (κ2) is 36.8. The van der Waals surface area contributed by atoms with Gasteiger partial charge in [0, 0.05) is 67.5 Å². The SMILES string of the molecule is CCCC(NC(=O)C1CCCCN1C)C(=O)N(C)C(CC(OC(C)=O)c1nc(C(=O)NC(Cc2ccc(NC(=O)C(CCCCN)NC(=O)CCCCCn3c(O)cc(SC4=CC=CC=CC=CC=CC=C4)c3O)cc2)CC(C)C(=O)O)cs1)C(C)C. The number of aliphatic carboxylic acids is 1. The van der Waals surface area contributed by atoms with Crippen LogP contribution < -0.4 is 27.0 Å². The number of carbonyl (C=O) groups is 7. The van der Waals surface area contributed by atoms with Gasteiger partial charge < -0.3 is 52.0 Å². The number of likely N-dealkylation sites (tertiary alicyclic amines) is 1. The highest BCUT2D eigenvalue weighted by Gasteiger charge is 2.36. The van der Waals surface area contributed by atoms with Crippen LogP contribution in [0, 0.1) is 11.8 Å². The molecule has 1 saturated heterocycles. The number of benzene rings is 1. The van der Waals surface area contributed by atoms with Crippen molar-refractivity contribution in [2.75, 3.05) is 32.5 Å². The van der Waals surface area contributed by atoms with Gasteiger partial charge in [-0.3, -0.25) is 43.0 Å². The van der Waals surface area contributed by atoms with Gasteiger partial charge in [-0.25, -0.2) is 4.98 Å². The molecule has 474 valence electrons. The molecule has 5 amide bonds. The quantitative estimate of drug-likeness (QED) is 0.0208. The van der Waals surface area contributed by atoms with Crippen LogP contribution in [0.2, 0.25) is 0 Å². The highest BCUT2D eigenvalue weighted by molar-refractivity contribution is 8.03. The van der Waals surface area contributed by atoms with E-state index in [9.17, 15) is 48.9 Å². The van der Waals surface area contributed by atoms with E-state index >= 15 is 0 Å². The minimum atomic E-state index is -1.04. The maximum Gasteiger partial charge on any atom is 0.306 e. The van der Waals surface area contributed by atoms with Crippen LogP contribution in [0.25, 0.3) is 0 Å². The number of anilines is 1. The van der Waals surface area contributed by atoms with E-state index < -0.39 is 59.9 Å². The number of carboxylic acid groups (broad SMARTS) is 1. The Labute approximate surface area is 520 Å². The van der Waals surface area contributed by atoms with E-state index in [-0.39, 0.29) is 72.8 Å². The summed E-state index contributed by atoms with van der Waals surface area (Å²) in [5.41, 5.74) is 7.01. The number of nitrogens with two attached hydrogens (primary N) is 1. The van der Waals surface area contributed by atoms with Crippen LogP contribution in [0.3, 0.4) is 0 Å². The first-order chi connectivity index (χ1) is 41.7. The Morgan fingerprint density at radius 3 is 2.22 bits per heavy atom. The van der Waals surface area contributed by atoms with Crippen molar-refractivity contribution < 1.29 is 53.6 Å². The summed E-state index contributed by atoms with van der Waals surface area (Å²) in [6.45, 7) is 10.3. The first kappa shape index (κ1) is 70.5. The molecule has 1 aliphatic heterocycles. The van der Waals surface area contributed by atoms with Crippen molar-refractivity contribution in [1.29, 1.82) is 0 Å². The van der Waals surface area contributed by atoms with Crippen LogP contribution in [0.5, 0.6) is 11.8 Å². The topological polar surface area (TPSA) is 288 Å². The summed E-state index contributed by atoms with van der Waals surface area (Å²) in [6.07, 6.45) is 27.8. The van der Waals surface area contributed by atoms with Crippen molar-refractivity contribution in [1.82, 2.24) is 35.3 Å².